The third-order valence-corrected chi connectivity index (χ3v) is 5.67. The summed E-state index contributed by atoms with van der Waals surface area (Å²) in [6, 6.07) is 5.13. The lowest BCUT2D eigenvalue weighted by molar-refractivity contribution is 0.0732. The van der Waals surface area contributed by atoms with Crippen molar-refractivity contribution in [2.45, 2.75) is 13.0 Å². The van der Waals surface area contributed by atoms with Crippen molar-refractivity contribution in [1.82, 2.24) is 19.9 Å². The number of aromatic nitrogens is 3. The van der Waals surface area contributed by atoms with Crippen LogP contribution in [0.2, 0.25) is 0 Å². The number of methoxy groups -OCH3 is 2. The van der Waals surface area contributed by atoms with Gasteiger partial charge in [-0.2, -0.15) is 0 Å². The van der Waals surface area contributed by atoms with E-state index in [4.69, 9.17) is 9.47 Å². The normalized spacial score (nSPS) is 12.8. The average Bonchev–Trinajstić information content (AvgIpc) is 3.20. The maximum absolute atomic E-state index is 13.1. The van der Waals surface area contributed by atoms with Crippen LogP contribution < -0.4 is 14.8 Å². The van der Waals surface area contributed by atoms with Gasteiger partial charge in [0, 0.05) is 36.3 Å². The van der Waals surface area contributed by atoms with Crippen molar-refractivity contribution in [2.24, 2.45) is 0 Å². The standard InChI is InChI=1S/C20H19N5O4S/c1-28-12-3-4-13(16(9-12)29-2)19(27)25-8-5-14-17(11-25)30-20(23-14)24-18(26)15-10-21-6-7-22-15/h3-4,6-7,9-10H,5,8,11H2,1-2H3,(H,23,24,26). The van der Waals surface area contributed by atoms with Gasteiger partial charge in [-0.1, -0.05) is 11.3 Å². The minimum Gasteiger partial charge on any atom is -0.497 e. The van der Waals surface area contributed by atoms with Crippen LogP contribution in [-0.4, -0.2) is 52.4 Å². The van der Waals surface area contributed by atoms with Crippen LogP contribution in [0.4, 0.5) is 5.13 Å². The number of amides is 2. The zero-order valence-electron chi connectivity index (χ0n) is 16.4. The summed E-state index contributed by atoms with van der Waals surface area (Å²) in [5, 5.41) is 3.23. The summed E-state index contributed by atoms with van der Waals surface area (Å²) in [7, 11) is 3.09. The highest BCUT2D eigenvalue weighted by molar-refractivity contribution is 7.15. The van der Waals surface area contributed by atoms with E-state index in [2.05, 4.69) is 20.3 Å². The zero-order chi connectivity index (χ0) is 21.1. The quantitative estimate of drug-likeness (QED) is 0.669. The van der Waals surface area contributed by atoms with Crippen molar-refractivity contribution in [3.63, 3.8) is 0 Å². The van der Waals surface area contributed by atoms with Crippen LogP contribution in [-0.2, 0) is 13.0 Å². The molecule has 1 aromatic carbocycles. The van der Waals surface area contributed by atoms with Crippen molar-refractivity contribution in [1.29, 1.82) is 0 Å². The first kappa shape index (κ1) is 19.8. The average molecular weight is 425 g/mol. The maximum Gasteiger partial charge on any atom is 0.277 e. The lowest BCUT2D eigenvalue weighted by atomic mass is 10.1. The fourth-order valence-corrected chi connectivity index (χ4v) is 4.16. The van der Waals surface area contributed by atoms with Crippen molar-refractivity contribution in [3.8, 4) is 11.5 Å². The second-order valence-electron chi connectivity index (χ2n) is 6.48. The summed E-state index contributed by atoms with van der Waals surface area (Å²) >= 11 is 1.35. The number of carbonyl (C=O) groups is 2. The Bertz CT molecular complexity index is 1090. The Morgan fingerprint density at radius 2 is 2.07 bits per heavy atom. The highest BCUT2D eigenvalue weighted by atomic mass is 32.1. The molecule has 4 rings (SSSR count). The second kappa shape index (κ2) is 8.46. The minimum atomic E-state index is -0.370. The highest BCUT2D eigenvalue weighted by Crippen LogP contribution is 2.31. The fraction of sp³-hybridized carbons (Fsp3) is 0.250. The van der Waals surface area contributed by atoms with Crippen LogP contribution >= 0.6 is 11.3 Å². The molecule has 0 atom stereocenters. The van der Waals surface area contributed by atoms with Crippen molar-refractivity contribution < 1.29 is 19.1 Å². The summed E-state index contributed by atoms with van der Waals surface area (Å²) in [5.74, 6) is 0.588. The Morgan fingerprint density at radius 1 is 1.20 bits per heavy atom. The molecule has 30 heavy (non-hydrogen) atoms. The topological polar surface area (TPSA) is 107 Å². The van der Waals surface area contributed by atoms with Crippen LogP contribution in [0.15, 0.2) is 36.8 Å². The van der Waals surface area contributed by atoms with E-state index in [0.29, 0.717) is 41.7 Å². The van der Waals surface area contributed by atoms with E-state index in [1.54, 1.807) is 30.2 Å². The van der Waals surface area contributed by atoms with E-state index in [0.717, 1.165) is 10.6 Å². The van der Waals surface area contributed by atoms with E-state index < -0.39 is 0 Å². The molecular weight excluding hydrogens is 406 g/mol. The third-order valence-electron chi connectivity index (χ3n) is 4.67. The van der Waals surface area contributed by atoms with Crippen molar-refractivity contribution in [2.75, 3.05) is 26.1 Å². The lowest BCUT2D eigenvalue weighted by Crippen LogP contribution is -2.35. The number of nitrogens with zero attached hydrogens (tertiary/aromatic N) is 4. The molecule has 9 nitrogen and oxygen atoms in total. The number of hydrogen-bond acceptors (Lipinski definition) is 8. The highest BCUT2D eigenvalue weighted by Gasteiger charge is 2.27. The minimum absolute atomic E-state index is 0.126. The van der Waals surface area contributed by atoms with Gasteiger partial charge >= 0.3 is 0 Å². The number of thiazole rings is 1. The number of hydrogen-bond donors (Lipinski definition) is 1. The van der Waals surface area contributed by atoms with Crippen LogP contribution in [0.3, 0.4) is 0 Å². The first-order valence-corrected chi connectivity index (χ1v) is 9.98. The molecule has 3 aromatic rings. The number of benzene rings is 1. The summed E-state index contributed by atoms with van der Waals surface area (Å²) in [5.41, 5.74) is 1.58. The molecule has 1 aliphatic heterocycles. The first-order chi connectivity index (χ1) is 14.6. The Labute approximate surface area is 176 Å². The number of ether oxygens (including phenoxy) is 2. The van der Waals surface area contributed by atoms with E-state index in [1.807, 2.05) is 0 Å². The summed E-state index contributed by atoms with van der Waals surface area (Å²) < 4.78 is 10.6. The van der Waals surface area contributed by atoms with Crippen LogP contribution in [0.1, 0.15) is 31.4 Å². The predicted molar refractivity (Wildman–Crippen MR) is 110 cm³/mol. The molecule has 0 bridgehead atoms. The van der Waals surface area contributed by atoms with E-state index >= 15 is 0 Å². The van der Waals surface area contributed by atoms with Crippen LogP contribution in [0.5, 0.6) is 11.5 Å². The molecule has 0 fully saturated rings. The maximum atomic E-state index is 13.1. The second-order valence-corrected chi connectivity index (χ2v) is 7.56. The van der Waals surface area contributed by atoms with E-state index in [1.165, 1.54) is 37.0 Å². The van der Waals surface area contributed by atoms with Gasteiger partial charge in [0.05, 0.1) is 38.2 Å². The fourth-order valence-electron chi connectivity index (χ4n) is 3.15. The zero-order valence-corrected chi connectivity index (χ0v) is 17.2. The van der Waals surface area contributed by atoms with Gasteiger partial charge in [-0.3, -0.25) is 19.9 Å². The SMILES string of the molecule is COc1ccc(C(=O)N2CCc3nc(NC(=O)c4cnccn4)sc3C2)c(OC)c1. The molecule has 0 spiro atoms. The van der Waals surface area contributed by atoms with E-state index in [9.17, 15) is 9.59 Å². The number of anilines is 1. The summed E-state index contributed by atoms with van der Waals surface area (Å²) in [4.78, 5) is 40.4. The van der Waals surface area contributed by atoms with E-state index in [-0.39, 0.29) is 17.5 Å². The van der Waals surface area contributed by atoms with Crippen molar-refractivity contribution >= 4 is 28.3 Å². The van der Waals surface area contributed by atoms with Gasteiger partial charge in [0.2, 0.25) is 0 Å². The molecule has 0 saturated carbocycles. The van der Waals surface area contributed by atoms with Gasteiger partial charge in [0.1, 0.15) is 17.2 Å². The molecule has 2 aromatic heterocycles. The molecule has 1 N–H and O–H groups in total. The Hall–Kier alpha value is -3.53. The molecule has 0 radical (unpaired) electrons. The number of rotatable bonds is 5. The summed E-state index contributed by atoms with van der Waals surface area (Å²) in [6.07, 6.45) is 4.96. The van der Waals surface area contributed by atoms with Gasteiger partial charge in [0.15, 0.2) is 5.13 Å². The lowest BCUT2D eigenvalue weighted by Gasteiger charge is -2.26. The van der Waals surface area contributed by atoms with Gasteiger partial charge in [-0.25, -0.2) is 9.97 Å². The molecule has 0 saturated heterocycles. The Morgan fingerprint density at radius 3 is 2.80 bits per heavy atom. The number of fused-ring (bicyclic) bond motifs is 1. The third kappa shape index (κ3) is 3.94. The Balaban J connectivity index is 1.49. The monoisotopic (exact) mass is 425 g/mol. The molecule has 1 aliphatic rings. The Kier molecular flexibility index (Phi) is 5.57. The van der Waals surface area contributed by atoms with Crippen molar-refractivity contribution in [3.05, 3.63) is 58.6 Å². The number of nitrogens with one attached hydrogen (secondary N) is 1. The van der Waals surface area contributed by atoms with Crippen LogP contribution in [0.25, 0.3) is 0 Å². The largest absolute Gasteiger partial charge is 0.497 e. The summed E-state index contributed by atoms with van der Waals surface area (Å²) in [6.45, 7) is 0.949. The molecule has 2 amide bonds. The molecule has 3 heterocycles. The van der Waals surface area contributed by atoms with Gasteiger partial charge < -0.3 is 14.4 Å². The van der Waals surface area contributed by atoms with Gasteiger partial charge in [-0.15, -0.1) is 0 Å². The van der Waals surface area contributed by atoms with Crippen LogP contribution in [0, 0.1) is 0 Å². The first-order valence-electron chi connectivity index (χ1n) is 9.16. The molecule has 154 valence electrons. The molecule has 0 unspecified atom stereocenters. The van der Waals surface area contributed by atoms with Gasteiger partial charge in [-0.05, 0) is 12.1 Å². The predicted octanol–water partition coefficient (Wildman–Crippen LogP) is 2.40. The smallest absolute Gasteiger partial charge is 0.277 e. The molecule has 10 heteroatoms. The molecule has 0 aliphatic carbocycles. The number of carbonyl (C=O) groups excluding carboxylic acids is 2. The molecular formula is C20H19N5O4S. The van der Waals surface area contributed by atoms with Gasteiger partial charge in [0.25, 0.3) is 11.8 Å².